The maximum absolute atomic E-state index is 13.0. The summed E-state index contributed by atoms with van der Waals surface area (Å²) >= 11 is 0. The number of carbonyl (C=O) groups is 1. The zero-order chi connectivity index (χ0) is 19.1. The van der Waals surface area contributed by atoms with Crippen LogP contribution in [0.2, 0.25) is 0 Å². The normalized spacial score (nSPS) is 12.0. The lowest BCUT2D eigenvalue weighted by molar-refractivity contribution is 0.104. The summed E-state index contributed by atoms with van der Waals surface area (Å²) in [5.41, 5.74) is 9.57. The summed E-state index contributed by atoms with van der Waals surface area (Å²) in [6, 6.07) is 31.4. The molecule has 134 valence electrons. The van der Waals surface area contributed by atoms with Crippen LogP contribution in [0.15, 0.2) is 91.0 Å². The van der Waals surface area contributed by atoms with Gasteiger partial charge in [0.05, 0.1) is 0 Å². The largest absolute Gasteiger partial charge is 0.289 e. The Morgan fingerprint density at radius 2 is 1.07 bits per heavy atom. The third-order valence-corrected chi connectivity index (χ3v) is 5.62. The van der Waals surface area contributed by atoms with Crippen molar-refractivity contribution in [3.63, 3.8) is 0 Å². The van der Waals surface area contributed by atoms with Crippen molar-refractivity contribution in [1.82, 2.24) is 0 Å². The lowest BCUT2D eigenvalue weighted by Crippen LogP contribution is -1.96. The van der Waals surface area contributed by atoms with E-state index in [4.69, 9.17) is 0 Å². The van der Waals surface area contributed by atoms with Gasteiger partial charge in [-0.3, -0.25) is 4.79 Å². The summed E-state index contributed by atoms with van der Waals surface area (Å²) in [6.07, 6.45) is 0.940. The predicted octanol–water partition coefficient (Wildman–Crippen LogP) is 6.79. The molecule has 0 aliphatic heterocycles. The van der Waals surface area contributed by atoms with E-state index < -0.39 is 0 Å². The maximum atomic E-state index is 13.0. The molecule has 0 spiro atoms. The zero-order valence-electron chi connectivity index (χ0n) is 15.8. The molecule has 0 heterocycles. The SMILES string of the molecule is CCc1ccc2c(c1)C(=O)c1cc(-c3ccc(-c4ccccc4)cc3)ccc1-2. The van der Waals surface area contributed by atoms with Crippen LogP contribution in [0.5, 0.6) is 0 Å². The quantitative estimate of drug-likeness (QED) is 0.346. The number of hydrogen-bond acceptors (Lipinski definition) is 1. The molecule has 0 unspecified atom stereocenters. The Bertz CT molecular complexity index is 1180. The standard InChI is InChI=1S/C27H20O/c1-2-18-8-14-23-24-15-13-22(17-26(24)27(28)25(23)16-18)21-11-9-20(10-12-21)19-6-4-3-5-7-19/h3-17H,2H2,1H3. The molecule has 0 bridgehead atoms. The molecule has 0 amide bonds. The highest BCUT2D eigenvalue weighted by Crippen LogP contribution is 2.39. The van der Waals surface area contributed by atoms with Gasteiger partial charge in [-0.05, 0) is 57.5 Å². The minimum Gasteiger partial charge on any atom is -0.289 e. The van der Waals surface area contributed by atoms with Crippen molar-refractivity contribution in [1.29, 1.82) is 0 Å². The van der Waals surface area contributed by atoms with Gasteiger partial charge in [-0.25, -0.2) is 0 Å². The highest BCUT2D eigenvalue weighted by atomic mass is 16.1. The van der Waals surface area contributed by atoms with Crippen molar-refractivity contribution in [3.05, 3.63) is 108 Å². The number of carbonyl (C=O) groups excluding carboxylic acids is 1. The van der Waals surface area contributed by atoms with Gasteiger partial charge < -0.3 is 0 Å². The molecule has 0 N–H and O–H groups in total. The summed E-state index contributed by atoms with van der Waals surface area (Å²) in [6.45, 7) is 2.12. The topological polar surface area (TPSA) is 17.1 Å². The molecular formula is C27H20O. The van der Waals surface area contributed by atoms with Gasteiger partial charge in [0.15, 0.2) is 5.78 Å². The van der Waals surface area contributed by atoms with Crippen LogP contribution in [0.25, 0.3) is 33.4 Å². The van der Waals surface area contributed by atoms with E-state index in [0.29, 0.717) is 0 Å². The van der Waals surface area contributed by atoms with Crippen molar-refractivity contribution in [2.24, 2.45) is 0 Å². The predicted molar refractivity (Wildman–Crippen MR) is 116 cm³/mol. The van der Waals surface area contributed by atoms with E-state index in [1.807, 2.05) is 18.2 Å². The lowest BCUT2D eigenvalue weighted by Gasteiger charge is -2.07. The molecule has 0 fully saturated rings. The Kier molecular flexibility index (Phi) is 3.95. The lowest BCUT2D eigenvalue weighted by atomic mass is 9.97. The molecule has 1 heteroatoms. The highest BCUT2D eigenvalue weighted by molar-refractivity contribution is 6.22. The molecule has 1 aliphatic carbocycles. The molecule has 0 saturated heterocycles. The summed E-state index contributed by atoms with van der Waals surface area (Å²) in [5, 5.41) is 0. The van der Waals surface area contributed by atoms with Crippen LogP contribution in [0.3, 0.4) is 0 Å². The van der Waals surface area contributed by atoms with E-state index in [0.717, 1.165) is 39.8 Å². The molecule has 5 rings (SSSR count). The first-order valence-electron chi connectivity index (χ1n) is 9.72. The van der Waals surface area contributed by atoms with E-state index >= 15 is 0 Å². The van der Waals surface area contributed by atoms with Gasteiger partial charge in [-0.15, -0.1) is 0 Å². The summed E-state index contributed by atoms with van der Waals surface area (Å²) in [5.74, 6) is 0.142. The van der Waals surface area contributed by atoms with Crippen molar-refractivity contribution >= 4 is 5.78 Å². The van der Waals surface area contributed by atoms with Gasteiger partial charge in [0.2, 0.25) is 0 Å². The van der Waals surface area contributed by atoms with Crippen LogP contribution in [0, 0.1) is 0 Å². The first-order chi connectivity index (χ1) is 13.7. The Morgan fingerprint density at radius 1 is 0.536 bits per heavy atom. The minimum absolute atomic E-state index is 0.142. The Labute approximate surface area is 165 Å². The fraction of sp³-hybridized carbons (Fsp3) is 0.0741. The fourth-order valence-corrected chi connectivity index (χ4v) is 4.01. The Morgan fingerprint density at radius 3 is 1.75 bits per heavy atom. The molecule has 0 radical (unpaired) electrons. The van der Waals surface area contributed by atoms with Crippen LogP contribution in [0.4, 0.5) is 0 Å². The number of benzene rings is 4. The minimum atomic E-state index is 0.142. The first kappa shape index (κ1) is 16.7. The molecule has 0 atom stereocenters. The van der Waals surface area contributed by atoms with E-state index in [-0.39, 0.29) is 5.78 Å². The van der Waals surface area contributed by atoms with Gasteiger partial charge in [-0.1, -0.05) is 85.8 Å². The van der Waals surface area contributed by atoms with Crippen molar-refractivity contribution < 1.29 is 4.79 Å². The Balaban J connectivity index is 1.52. The number of fused-ring (bicyclic) bond motifs is 3. The van der Waals surface area contributed by atoms with Gasteiger partial charge in [0.25, 0.3) is 0 Å². The summed E-state index contributed by atoms with van der Waals surface area (Å²) < 4.78 is 0. The molecule has 1 nitrogen and oxygen atoms in total. The van der Waals surface area contributed by atoms with Crippen LogP contribution in [-0.4, -0.2) is 5.78 Å². The van der Waals surface area contributed by atoms with Gasteiger partial charge in [-0.2, -0.15) is 0 Å². The third-order valence-electron chi connectivity index (χ3n) is 5.62. The average molecular weight is 360 g/mol. The molecule has 0 aromatic heterocycles. The fourth-order valence-electron chi connectivity index (χ4n) is 4.01. The number of aryl methyl sites for hydroxylation is 1. The number of hydrogen-bond donors (Lipinski definition) is 0. The van der Waals surface area contributed by atoms with E-state index in [1.54, 1.807) is 0 Å². The van der Waals surface area contributed by atoms with E-state index in [2.05, 4.69) is 79.7 Å². The van der Waals surface area contributed by atoms with Gasteiger partial charge in [0.1, 0.15) is 0 Å². The van der Waals surface area contributed by atoms with Crippen molar-refractivity contribution in [2.45, 2.75) is 13.3 Å². The second kappa shape index (κ2) is 6.61. The average Bonchev–Trinajstić information content (AvgIpc) is 3.05. The molecule has 1 aliphatic rings. The van der Waals surface area contributed by atoms with Crippen LogP contribution < -0.4 is 0 Å². The zero-order valence-corrected chi connectivity index (χ0v) is 15.8. The van der Waals surface area contributed by atoms with Crippen LogP contribution >= 0.6 is 0 Å². The second-order valence-corrected chi connectivity index (χ2v) is 7.27. The van der Waals surface area contributed by atoms with Crippen LogP contribution in [-0.2, 0) is 6.42 Å². The summed E-state index contributed by atoms with van der Waals surface area (Å²) in [4.78, 5) is 13.0. The van der Waals surface area contributed by atoms with E-state index in [1.165, 1.54) is 16.7 Å². The van der Waals surface area contributed by atoms with Crippen molar-refractivity contribution in [2.75, 3.05) is 0 Å². The molecular weight excluding hydrogens is 340 g/mol. The maximum Gasteiger partial charge on any atom is 0.194 e. The summed E-state index contributed by atoms with van der Waals surface area (Å²) in [7, 11) is 0. The van der Waals surface area contributed by atoms with Gasteiger partial charge in [0, 0.05) is 11.1 Å². The number of rotatable bonds is 3. The Hall–Kier alpha value is -3.45. The van der Waals surface area contributed by atoms with Crippen LogP contribution in [0.1, 0.15) is 28.4 Å². The monoisotopic (exact) mass is 360 g/mol. The van der Waals surface area contributed by atoms with E-state index in [9.17, 15) is 4.79 Å². The van der Waals surface area contributed by atoms with Crippen molar-refractivity contribution in [3.8, 4) is 33.4 Å². The first-order valence-corrected chi connectivity index (χ1v) is 9.72. The molecule has 0 saturated carbocycles. The molecule has 4 aromatic carbocycles. The molecule has 28 heavy (non-hydrogen) atoms. The molecule has 4 aromatic rings. The highest BCUT2D eigenvalue weighted by Gasteiger charge is 2.27. The van der Waals surface area contributed by atoms with Gasteiger partial charge >= 0.3 is 0 Å². The number of ketones is 1. The third kappa shape index (κ3) is 2.68. The smallest absolute Gasteiger partial charge is 0.194 e. The second-order valence-electron chi connectivity index (χ2n) is 7.27.